The molecule has 0 saturated heterocycles. The van der Waals surface area contributed by atoms with Gasteiger partial charge in [-0.25, -0.2) is 4.99 Å². The lowest BCUT2D eigenvalue weighted by atomic mass is 10.1. The molecule has 0 unspecified atom stereocenters. The molecule has 0 aromatic heterocycles. The lowest BCUT2D eigenvalue weighted by Gasteiger charge is -2.08. The molecule has 14 heavy (non-hydrogen) atoms. The first-order chi connectivity index (χ1) is 6.34. The number of nitrogens with one attached hydrogen (secondary N) is 1. The van der Waals surface area contributed by atoms with Crippen LogP contribution in [0.1, 0.15) is 11.1 Å². The number of halogens is 1. The fourth-order valence-electron chi connectivity index (χ4n) is 1.93. The molecule has 2 aliphatic heterocycles. The Morgan fingerprint density at radius 2 is 2.00 bits per heavy atom. The molecule has 0 aliphatic carbocycles. The summed E-state index contributed by atoms with van der Waals surface area (Å²) in [6, 6.07) is 8.27. The molecular formula is C10H9ClN3-. The lowest BCUT2D eigenvalue weighted by Crippen LogP contribution is -3.00. The van der Waals surface area contributed by atoms with E-state index >= 15 is 0 Å². The second-order valence-corrected chi connectivity index (χ2v) is 3.40. The van der Waals surface area contributed by atoms with E-state index in [0.717, 1.165) is 12.4 Å². The van der Waals surface area contributed by atoms with Crippen LogP contribution in [-0.2, 0) is 6.54 Å². The van der Waals surface area contributed by atoms with Gasteiger partial charge in [-0.3, -0.25) is 5.41 Å². The maximum atomic E-state index is 7.46. The van der Waals surface area contributed by atoms with Crippen LogP contribution in [0.4, 0.5) is 0 Å². The van der Waals surface area contributed by atoms with Gasteiger partial charge in [-0.2, -0.15) is 0 Å². The van der Waals surface area contributed by atoms with Crippen molar-refractivity contribution in [3.05, 3.63) is 35.4 Å². The highest BCUT2D eigenvalue weighted by atomic mass is 35.5. The molecule has 1 aromatic rings. The molecule has 0 bridgehead atoms. The molecule has 1 aromatic carbocycles. The molecule has 2 heterocycles. The van der Waals surface area contributed by atoms with Gasteiger partial charge in [-0.1, -0.05) is 24.3 Å². The fourth-order valence-corrected chi connectivity index (χ4v) is 1.93. The van der Waals surface area contributed by atoms with Crippen LogP contribution in [0.2, 0.25) is 0 Å². The van der Waals surface area contributed by atoms with Gasteiger partial charge < -0.3 is 17.3 Å². The SMILES string of the molecule is N=C1CN2Cc3ccccc3C2=N1.[Cl-]. The number of hydrogen-bond acceptors (Lipinski definition) is 2. The highest BCUT2D eigenvalue weighted by Gasteiger charge is 2.29. The second-order valence-electron chi connectivity index (χ2n) is 3.40. The zero-order valence-corrected chi connectivity index (χ0v) is 8.25. The molecule has 0 radical (unpaired) electrons. The Labute approximate surface area is 88.4 Å². The Morgan fingerprint density at radius 3 is 2.86 bits per heavy atom. The molecule has 1 N–H and O–H groups in total. The molecule has 3 nitrogen and oxygen atoms in total. The van der Waals surface area contributed by atoms with E-state index in [-0.39, 0.29) is 12.4 Å². The summed E-state index contributed by atoms with van der Waals surface area (Å²) in [6.07, 6.45) is 0. The van der Waals surface area contributed by atoms with E-state index in [2.05, 4.69) is 22.0 Å². The van der Waals surface area contributed by atoms with Crippen molar-refractivity contribution in [1.82, 2.24) is 4.90 Å². The van der Waals surface area contributed by atoms with Crippen LogP contribution in [0.25, 0.3) is 0 Å². The summed E-state index contributed by atoms with van der Waals surface area (Å²) >= 11 is 0. The molecule has 2 aliphatic rings. The maximum Gasteiger partial charge on any atom is 0.142 e. The number of rotatable bonds is 0. The number of amidine groups is 2. The summed E-state index contributed by atoms with van der Waals surface area (Å²) in [6.45, 7) is 1.58. The van der Waals surface area contributed by atoms with Crippen LogP contribution in [-0.4, -0.2) is 23.1 Å². The molecule has 0 saturated carbocycles. The normalized spacial score (nSPS) is 17.3. The highest BCUT2D eigenvalue weighted by Crippen LogP contribution is 2.25. The monoisotopic (exact) mass is 206 g/mol. The van der Waals surface area contributed by atoms with E-state index in [4.69, 9.17) is 5.41 Å². The molecule has 0 amide bonds. The molecule has 0 spiro atoms. The zero-order valence-electron chi connectivity index (χ0n) is 7.50. The Kier molecular flexibility index (Phi) is 2.04. The minimum atomic E-state index is 0. The zero-order chi connectivity index (χ0) is 8.84. The smallest absolute Gasteiger partial charge is 0.142 e. The average molecular weight is 207 g/mol. The Bertz CT molecular complexity index is 425. The fraction of sp³-hybridized carbons (Fsp3) is 0.200. The van der Waals surface area contributed by atoms with Gasteiger partial charge in [-0.05, 0) is 5.56 Å². The van der Waals surface area contributed by atoms with Crippen molar-refractivity contribution in [3.8, 4) is 0 Å². The quantitative estimate of drug-likeness (QED) is 0.537. The molecule has 72 valence electrons. The summed E-state index contributed by atoms with van der Waals surface area (Å²) < 4.78 is 0. The first-order valence-corrected chi connectivity index (χ1v) is 4.34. The van der Waals surface area contributed by atoms with Gasteiger partial charge in [-0.15, -0.1) is 0 Å². The largest absolute Gasteiger partial charge is 1.00 e. The number of benzene rings is 1. The van der Waals surface area contributed by atoms with Crippen LogP contribution < -0.4 is 12.4 Å². The Morgan fingerprint density at radius 1 is 1.21 bits per heavy atom. The summed E-state index contributed by atoms with van der Waals surface area (Å²) in [5.74, 6) is 1.46. The molecule has 0 atom stereocenters. The van der Waals surface area contributed by atoms with Crippen molar-refractivity contribution < 1.29 is 12.4 Å². The highest BCUT2D eigenvalue weighted by molar-refractivity contribution is 6.13. The van der Waals surface area contributed by atoms with E-state index in [1.165, 1.54) is 11.1 Å². The molecule has 4 heteroatoms. The van der Waals surface area contributed by atoms with Crippen molar-refractivity contribution in [2.75, 3.05) is 6.54 Å². The summed E-state index contributed by atoms with van der Waals surface area (Å²) in [5, 5.41) is 7.46. The van der Waals surface area contributed by atoms with Crippen LogP contribution >= 0.6 is 0 Å². The van der Waals surface area contributed by atoms with E-state index in [1.54, 1.807) is 0 Å². The van der Waals surface area contributed by atoms with E-state index < -0.39 is 0 Å². The van der Waals surface area contributed by atoms with Gasteiger partial charge in [0.05, 0.1) is 6.54 Å². The predicted octanol–water partition coefficient (Wildman–Crippen LogP) is -1.76. The lowest BCUT2D eigenvalue weighted by molar-refractivity contribution is -0.00000292. The third-order valence-corrected chi connectivity index (χ3v) is 2.50. The van der Waals surface area contributed by atoms with Crippen molar-refractivity contribution in [1.29, 1.82) is 5.41 Å². The Hall–Kier alpha value is -1.35. The standard InChI is InChI=1S/C10H9N3.ClH/c11-9-6-13-5-7-3-1-2-4-8(7)10(13)12-9;/h1-4,11H,5-6H2;1H/p-1. The van der Waals surface area contributed by atoms with Crippen LogP contribution in [0.15, 0.2) is 29.3 Å². The number of fused-ring (bicyclic) bond motifs is 3. The minimum absolute atomic E-state index is 0. The maximum absolute atomic E-state index is 7.46. The Balaban J connectivity index is 0.000000750. The van der Waals surface area contributed by atoms with E-state index in [9.17, 15) is 0 Å². The van der Waals surface area contributed by atoms with Crippen molar-refractivity contribution in [2.45, 2.75) is 6.54 Å². The van der Waals surface area contributed by atoms with Gasteiger partial charge in [0.25, 0.3) is 0 Å². The van der Waals surface area contributed by atoms with Crippen LogP contribution in [0.3, 0.4) is 0 Å². The first-order valence-electron chi connectivity index (χ1n) is 4.34. The summed E-state index contributed by atoms with van der Waals surface area (Å²) in [5.41, 5.74) is 2.53. The molecule has 3 rings (SSSR count). The number of hydrogen-bond donors (Lipinski definition) is 1. The van der Waals surface area contributed by atoms with E-state index in [1.807, 2.05) is 12.1 Å². The number of nitrogens with zero attached hydrogens (tertiary/aromatic N) is 2. The predicted molar refractivity (Wildman–Crippen MR) is 51.1 cm³/mol. The van der Waals surface area contributed by atoms with Crippen molar-refractivity contribution >= 4 is 11.7 Å². The topological polar surface area (TPSA) is 39.5 Å². The number of aliphatic imine (C=N–C) groups is 1. The third kappa shape index (κ3) is 1.13. The molecular weight excluding hydrogens is 198 g/mol. The molecule has 0 fully saturated rings. The van der Waals surface area contributed by atoms with Crippen molar-refractivity contribution in [3.63, 3.8) is 0 Å². The van der Waals surface area contributed by atoms with Crippen molar-refractivity contribution in [2.24, 2.45) is 4.99 Å². The van der Waals surface area contributed by atoms with E-state index in [0.29, 0.717) is 12.4 Å². The van der Waals surface area contributed by atoms with Gasteiger partial charge in [0.15, 0.2) is 0 Å². The van der Waals surface area contributed by atoms with Gasteiger partial charge in [0.2, 0.25) is 0 Å². The van der Waals surface area contributed by atoms with Crippen LogP contribution in [0, 0.1) is 5.41 Å². The van der Waals surface area contributed by atoms with Crippen LogP contribution in [0.5, 0.6) is 0 Å². The average Bonchev–Trinajstić information content (AvgIpc) is 2.60. The van der Waals surface area contributed by atoms with Gasteiger partial charge in [0.1, 0.15) is 11.7 Å². The summed E-state index contributed by atoms with van der Waals surface area (Å²) in [4.78, 5) is 6.36. The van der Waals surface area contributed by atoms with Gasteiger partial charge in [0, 0.05) is 12.1 Å². The first kappa shape index (κ1) is 9.21. The summed E-state index contributed by atoms with van der Waals surface area (Å²) in [7, 11) is 0. The minimum Gasteiger partial charge on any atom is -1.00 e. The second kappa shape index (κ2) is 3.10. The third-order valence-electron chi connectivity index (χ3n) is 2.50. The van der Waals surface area contributed by atoms with Gasteiger partial charge >= 0.3 is 0 Å².